The van der Waals surface area contributed by atoms with Gasteiger partial charge in [0.15, 0.2) is 0 Å². The zero-order valence-electron chi connectivity index (χ0n) is 13.0. The van der Waals surface area contributed by atoms with Gasteiger partial charge in [0.1, 0.15) is 6.29 Å². The zero-order valence-corrected chi connectivity index (χ0v) is 13.0. The molecule has 0 saturated carbocycles. The van der Waals surface area contributed by atoms with Crippen LogP contribution in [0.4, 0.5) is 0 Å². The van der Waals surface area contributed by atoms with Gasteiger partial charge < -0.3 is 5.32 Å². The van der Waals surface area contributed by atoms with Crippen LogP contribution >= 0.6 is 0 Å². The van der Waals surface area contributed by atoms with Gasteiger partial charge in [0.2, 0.25) is 0 Å². The Morgan fingerprint density at radius 1 is 1.32 bits per heavy atom. The highest BCUT2D eigenvalue weighted by Gasteiger charge is 2.18. The Bertz CT molecular complexity index is 311. The molecule has 0 aliphatic rings. The van der Waals surface area contributed by atoms with Crippen molar-refractivity contribution < 1.29 is 4.79 Å². The van der Waals surface area contributed by atoms with Gasteiger partial charge in [-0.3, -0.25) is 10.2 Å². The maximum absolute atomic E-state index is 11.2. The lowest BCUT2D eigenvalue weighted by Crippen LogP contribution is -2.45. The largest absolute Gasteiger partial charge is 0.318 e. The van der Waals surface area contributed by atoms with Gasteiger partial charge in [-0.15, -0.1) is 0 Å². The Morgan fingerprint density at radius 3 is 2.42 bits per heavy atom. The third kappa shape index (κ3) is 6.14. The van der Waals surface area contributed by atoms with E-state index in [9.17, 15) is 4.79 Å². The summed E-state index contributed by atoms with van der Waals surface area (Å²) < 4.78 is 0. The van der Waals surface area contributed by atoms with Crippen LogP contribution in [-0.4, -0.2) is 44.5 Å². The minimum absolute atomic E-state index is 0.216. The Hall–Kier alpha value is -0.970. The molecule has 2 N–H and O–H groups in total. The molecule has 0 fully saturated rings. The van der Waals surface area contributed by atoms with E-state index in [4.69, 9.17) is 0 Å². The molecule has 0 aromatic rings. The Labute approximate surface area is 117 Å². The van der Waals surface area contributed by atoms with E-state index in [1.807, 2.05) is 34.0 Å². The molecule has 4 heteroatoms. The van der Waals surface area contributed by atoms with Gasteiger partial charge in [-0.25, -0.2) is 5.01 Å². The number of carbonyl (C=O) groups excluding carboxylic acids is 1. The summed E-state index contributed by atoms with van der Waals surface area (Å²) >= 11 is 0. The monoisotopic (exact) mass is 267 g/mol. The first-order valence-electron chi connectivity index (χ1n) is 7.07. The Kier molecular flexibility index (Phi) is 10.4. The second kappa shape index (κ2) is 10.9. The number of likely N-dealkylation sites (N-methyl/N-ethyl adjacent to an activating group) is 2. The standard InChI is InChI=1S/C15H29N3O/c1-6-9-14(13(7-2)12-19)15(8-3)18(5)17-11-10-16-4/h6,9,12,15-17H,7-8,10-11H2,1-5H3/b9-6+,14-13-. The van der Waals surface area contributed by atoms with Crippen LogP contribution in [0.15, 0.2) is 23.3 Å². The highest BCUT2D eigenvalue weighted by atomic mass is 16.1. The molecule has 0 saturated heterocycles. The van der Waals surface area contributed by atoms with E-state index < -0.39 is 0 Å². The SMILES string of the molecule is C/C=C/C(=C(/C=O)CC)C(CC)N(C)NCCNC. The molecule has 0 aromatic heterocycles. The van der Waals surface area contributed by atoms with Crippen molar-refractivity contribution in [3.05, 3.63) is 23.3 Å². The second-order valence-electron chi connectivity index (χ2n) is 4.50. The van der Waals surface area contributed by atoms with Crippen molar-refractivity contribution in [3.63, 3.8) is 0 Å². The van der Waals surface area contributed by atoms with E-state index in [2.05, 4.69) is 28.8 Å². The lowest BCUT2D eigenvalue weighted by atomic mass is 9.97. The molecule has 0 spiro atoms. The lowest BCUT2D eigenvalue weighted by Gasteiger charge is -2.30. The van der Waals surface area contributed by atoms with Crippen LogP contribution < -0.4 is 10.7 Å². The summed E-state index contributed by atoms with van der Waals surface area (Å²) in [5.41, 5.74) is 5.36. The highest BCUT2D eigenvalue weighted by Crippen LogP contribution is 2.18. The van der Waals surface area contributed by atoms with E-state index in [0.29, 0.717) is 0 Å². The fourth-order valence-electron chi connectivity index (χ4n) is 2.14. The van der Waals surface area contributed by atoms with Crippen LogP contribution in [-0.2, 0) is 4.79 Å². The Balaban J connectivity index is 5.03. The number of carbonyl (C=O) groups is 1. The summed E-state index contributed by atoms with van der Waals surface area (Å²) in [5.74, 6) is 0. The quantitative estimate of drug-likeness (QED) is 0.209. The molecular weight excluding hydrogens is 238 g/mol. The van der Waals surface area contributed by atoms with Crippen LogP contribution in [0.2, 0.25) is 0 Å². The van der Waals surface area contributed by atoms with Crippen LogP contribution in [0.3, 0.4) is 0 Å². The first kappa shape index (κ1) is 18.0. The van der Waals surface area contributed by atoms with E-state index in [1.54, 1.807) is 0 Å². The number of allylic oxidation sites excluding steroid dienone is 2. The number of hydrazine groups is 1. The average Bonchev–Trinajstić information content (AvgIpc) is 2.41. The molecule has 0 amide bonds. The summed E-state index contributed by atoms with van der Waals surface area (Å²) in [4.78, 5) is 11.2. The van der Waals surface area contributed by atoms with Crippen molar-refractivity contribution in [3.8, 4) is 0 Å². The van der Waals surface area contributed by atoms with Gasteiger partial charge in [0.25, 0.3) is 0 Å². The molecule has 0 radical (unpaired) electrons. The smallest absolute Gasteiger partial charge is 0.146 e. The minimum atomic E-state index is 0.216. The van der Waals surface area contributed by atoms with Crippen molar-refractivity contribution in [2.75, 3.05) is 27.2 Å². The van der Waals surface area contributed by atoms with Gasteiger partial charge in [-0.1, -0.05) is 26.0 Å². The van der Waals surface area contributed by atoms with Crippen molar-refractivity contribution in [1.82, 2.24) is 15.8 Å². The molecule has 0 aliphatic carbocycles. The van der Waals surface area contributed by atoms with Gasteiger partial charge in [0, 0.05) is 26.2 Å². The molecule has 0 aliphatic heterocycles. The highest BCUT2D eigenvalue weighted by molar-refractivity contribution is 5.76. The number of rotatable bonds is 10. The number of nitrogens with zero attached hydrogens (tertiary/aromatic N) is 1. The lowest BCUT2D eigenvalue weighted by molar-refractivity contribution is -0.105. The van der Waals surface area contributed by atoms with Crippen LogP contribution in [0.5, 0.6) is 0 Å². The van der Waals surface area contributed by atoms with Gasteiger partial charge in [-0.2, -0.15) is 0 Å². The third-order valence-corrected chi connectivity index (χ3v) is 3.19. The number of hydrogen-bond donors (Lipinski definition) is 2. The summed E-state index contributed by atoms with van der Waals surface area (Å²) in [6, 6.07) is 0.216. The number of hydrogen-bond acceptors (Lipinski definition) is 4. The molecule has 4 nitrogen and oxygen atoms in total. The van der Waals surface area contributed by atoms with Crippen molar-refractivity contribution in [2.45, 2.75) is 39.7 Å². The van der Waals surface area contributed by atoms with Crippen LogP contribution in [0, 0.1) is 0 Å². The summed E-state index contributed by atoms with van der Waals surface area (Å²) in [6.07, 6.45) is 6.76. The van der Waals surface area contributed by atoms with Crippen LogP contribution in [0.25, 0.3) is 0 Å². The molecule has 0 aromatic carbocycles. The molecule has 0 heterocycles. The predicted molar refractivity (Wildman–Crippen MR) is 82.0 cm³/mol. The fourth-order valence-corrected chi connectivity index (χ4v) is 2.14. The van der Waals surface area contributed by atoms with E-state index in [1.165, 1.54) is 0 Å². The minimum Gasteiger partial charge on any atom is -0.318 e. The summed E-state index contributed by atoms with van der Waals surface area (Å²) in [6.45, 7) is 7.93. The van der Waals surface area contributed by atoms with Gasteiger partial charge in [-0.05, 0) is 38.0 Å². The van der Waals surface area contributed by atoms with E-state index >= 15 is 0 Å². The Morgan fingerprint density at radius 2 is 2.00 bits per heavy atom. The van der Waals surface area contributed by atoms with Crippen molar-refractivity contribution in [2.24, 2.45) is 0 Å². The van der Waals surface area contributed by atoms with Crippen molar-refractivity contribution in [1.29, 1.82) is 0 Å². The summed E-state index contributed by atoms with van der Waals surface area (Å²) in [7, 11) is 3.97. The molecule has 1 atom stereocenters. The third-order valence-electron chi connectivity index (χ3n) is 3.19. The van der Waals surface area contributed by atoms with E-state index in [-0.39, 0.29) is 6.04 Å². The van der Waals surface area contributed by atoms with E-state index in [0.717, 1.165) is 43.4 Å². The predicted octanol–water partition coefficient (Wildman–Crippen LogP) is 1.90. The average molecular weight is 267 g/mol. The van der Waals surface area contributed by atoms with Crippen molar-refractivity contribution >= 4 is 6.29 Å². The van der Waals surface area contributed by atoms with Gasteiger partial charge >= 0.3 is 0 Å². The zero-order chi connectivity index (χ0) is 14.7. The topological polar surface area (TPSA) is 44.4 Å². The maximum atomic E-state index is 11.2. The molecule has 0 bridgehead atoms. The van der Waals surface area contributed by atoms with Gasteiger partial charge in [0.05, 0.1) is 0 Å². The maximum Gasteiger partial charge on any atom is 0.146 e. The molecule has 19 heavy (non-hydrogen) atoms. The normalized spacial score (nSPS) is 14.8. The molecular formula is C15H29N3O. The molecule has 110 valence electrons. The molecule has 0 rings (SSSR count). The number of aldehydes is 1. The number of nitrogens with one attached hydrogen (secondary N) is 2. The van der Waals surface area contributed by atoms with Crippen LogP contribution in [0.1, 0.15) is 33.6 Å². The second-order valence-corrected chi connectivity index (χ2v) is 4.50. The fraction of sp³-hybridized carbons (Fsp3) is 0.667. The first-order chi connectivity index (χ1) is 9.15. The first-order valence-corrected chi connectivity index (χ1v) is 7.07. The summed E-state index contributed by atoms with van der Waals surface area (Å²) in [5, 5.41) is 5.21. The molecule has 1 unspecified atom stereocenters.